The molecule has 2 N–H and O–H groups in total. The summed E-state index contributed by atoms with van der Waals surface area (Å²) >= 11 is 2.68. The number of thiazole rings is 1. The second-order valence-corrected chi connectivity index (χ2v) is 10.8. The topological polar surface area (TPSA) is 120 Å². The number of aliphatic carboxylic acids is 1. The maximum atomic E-state index is 12.5. The molecule has 1 fully saturated rings. The van der Waals surface area contributed by atoms with E-state index in [4.69, 9.17) is 9.72 Å². The van der Waals surface area contributed by atoms with Gasteiger partial charge in [0.15, 0.2) is 4.34 Å². The van der Waals surface area contributed by atoms with Gasteiger partial charge in [-0.25, -0.2) is 14.6 Å². The third kappa shape index (κ3) is 4.16. The Hall–Kier alpha value is -2.63. The van der Waals surface area contributed by atoms with E-state index in [1.54, 1.807) is 11.8 Å². The fraction of sp³-hybridized carbons (Fsp3) is 0.478. The lowest BCUT2D eigenvalue weighted by atomic mass is 9.79. The van der Waals surface area contributed by atoms with Gasteiger partial charge in [-0.05, 0) is 25.8 Å². The van der Waals surface area contributed by atoms with Crippen molar-refractivity contribution in [3.63, 3.8) is 0 Å². The molecule has 11 heteroatoms. The fourth-order valence-corrected chi connectivity index (χ4v) is 6.91. The summed E-state index contributed by atoms with van der Waals surface area (Å²) in [6.07, 6.45) is 2.93. The highest BCUT2D eigenvalue weighted by Crippen LogP contribution is 2.52. The number of β-lactam (4-membered cyclic amide) rings is 1. The molecule has 4 heterocycles. The van der Waals surface area contributed by atoms with Gasteiger partial charge in [-0.3, -0.25) is 4.79 Å². The van der Waals surface area contributed by atoms with Crippen molar-refractivity contribution in [2.24, 2.45) is 11.8 Å². The van der Waals surface area contributed by atoms with E-state index in [0.29, 0.717) is 22.2 Å². The molecule has 1 aromatic heterocycles. The molecular formula is C23H27N3O6S2. The Morgan fingerprint density at radius 1 is 1.44 bits per heavy atom. The van der Waals surface area contributed by atoms with Crippen molar-refractivity contribution in [2.45, 2.75) is 49.7 Å². The zero-order chi connectivity index (χ0) is 24.7. The van der Waals surface area contributed by atoms with Crippen molar-refractivity contribution in [1.82, 2.24) is 14.8 Å². The average molecular weight is 506 g/mol. The van der Waals surface area contributed by atoms with Crippen LogP contribution in [0.25, 0.3) is 5.57 Å². The number of aliphatic hydroxyl groups excluding tert-OH is 1. The lowest BCUT2D eigenvalue weighted by Crippen LogP contribution is -2.63. The van der Waals surface area contributed by atoms with E-state index in [9.17, 15) is 24.6 Å². The highest BCUT2D eigenvalue weighted by molar-refractivity contribution is 8.04. The van der Waals surface area contributed by atoms with Crippen molar-refractivity contribution >= 4 is 46.6 Å². The summed E-state index contributed by atoms with van der Waals surface area (Å²) in [6.45, 7) is 9.59. The van der Waals surface area contributed by atoms with E-state index in [1.165, 1.54) is 34.1 Å². The summed E-state index contributed by atoms with van der Waals surface area (Å²) in [5, 5.41) is 21.7. The van der Waals surface area contributed by atoms with E-state index in [1.807, 2.05) is 25.3 Å². The second kappa shape index (κ2) is 9.55. The van der Waals surface area contributed by atoms with Crippen LogP contribution < -0.4 is 0 Å². The van der Waals surface area contributed by atoms with Crippen LogP contribution in [0, 0.1) is 11.8 Å². The molecule has 4 rings (SSSR count). The Labute approximate surface area is 205 Å². The normalized spacial score (nSPS) is 27.2. The number of aliphatic hydroxyl groups is 1. The second-order valence-electron chi connectivity index (χ2n) is 8.61. The number of amides is 2. The minimum Gasteiger partial charge on any atom is -0.477 e. The van der Waals surface area contributed by atoms with Crippen LogP contribution >= 0.6 is 23.1 Å². The quantitative estimate of drug-likeness (QED) is 0.428. The number of carbonyl (C=O) groups excluding carboxylic acids is 2. The molecule has 0 aromatic carbocycles. The van der Waals surface area contributed by atoms with Crippen molar-refractivity contribution < 1.29 is 29.3 Å². The fourth-order valence-electron chi connectivity index (χ4n) is 4.80. The van der Waals surface area contributed by atoms with Crippen molar-refractivity contribution in [3.8, 4) is 0 Å². The van der Waals surface area contributed by atoms with E-state index in [0.717, 1.165) is 11.3 Å². The molecule has 5 atom stereocenters. The number of fused-ring (bicyclic) bond motifs is 1. The van der Waals surface area contributed by atoms with Crippen molar-refractivity contribution in [2.75, 3.05) is 13.2 Å². The van der Waals surface area contributed by atoms with Gasteiger partial charge >= 0.3 is 12.1 Å². The van der Waals surface area contributed by atoms with Gasteiger partial charge in [0.25, 0.3) is 0 Å². The van der Waals surface area contributed by atoms with E-state index >= 15 is 0 Å². The lowest BCUT2D eigenvalue weighted by molar-refractivity contribution is -0.163. The Bertz CT molecular complexity index is 1090. The predicted octanol–water partition coefficient (Wildman–Crippen LogP) is 3.19. The number of thioether (sulfide) groups is 1. The standard InChI is InChI=1S/C23H27N3O6S2/c1-5-8-32-23(31)25-7-6-14(9-11(25)2)15-10-33-22(24-15)34-19-12(3)17-16(13(4)27)20(28)26(17)18(19)21(29)30/h5,9-13,16-17,27H,1,6-8H2,2-4H3,(H,29,30)/t11-,12+,13+,16+,17+/m0/s1. The van der Waals surface area contributed by atoms with Gasteiger partial charge in [0.2, 0.25) is 5.91 Å². The summed E-state index contributed by atoms with van der Waals surface area (Å²) in [6, 6.07) is -0.504. The van der Waals surface area contributed by atoms with Crippen LogP contribution in [0.4, 0.5) is 4.79 Å². The molecular weight excluding hydrogens is 478 g/mol. The van der Waals surface area contributed by atoms with Crippen LogP contribution in [0.1, 0.15) is 32.9 Å². The molecule has 0 bridgehead atoms. The smallest absolute Gasteiger partial charge is 0.410 e. The predicted molar refractivity (Wildman–Crippen MR) is 128 cm³/mol. The van der Waals surface area contributed by atoms with E-state index < -0.39 is 18.0 Å². The number of hydrogen-bond donors (Lipinski definition) is 2. The Balaban J connectivity index is 1.51. The minimum absolute atomic E-state index is 0.0136. The number of carboxylic acids is 1. The molecule has 1 aromatic rings. The Morgan fingerprint density at radius 3 is 2.79 bits per heavy atom. The van der Waals surface area contributed by atoms with Crippen molar-refractivity contribution in [3.05, 3.63) is 40.4 Å². The molecule has 9 nitrogen and oxygen atoms in total. The molecule has 3 aliphatic heterocycles. The number of rotatable bonds is 7. The molecule has 0 radical (unpaired) electrons. The Kier molecular flexibility index (Phi) is 6.88. The lowest BCUT2D eigenvalue weighted by Gasteiger charge is -2.46. The first-order chi connectivity index (χ1) is 16.1. The molecule has 3 aliphatic rings. The highest BCUT2D eigenvalue weighted by Gasteiger charge is 2.60. The zero-order valence-corrected chi connectivity index (χ0v) is 20.8. The first-order valence-corrected chi connectivity index (χ1v) is 12.7. The number of hydrogen-bond acceptors (Lipinski definition) is 8. The molecule has 182 valence electrons. The van der Waals surface area contributed by atoms with E-state index in [-0.39, 0.29) is 42.3 Å². The van der Waals surface area contributed by atoms with Gasteiger partial charge < -0.3 is 24.7 Å². The van der Waals surface area contributed by atoms with Gasteiger partial charge in [-0.1, -0.05) is 37.4 Å². The zero-order valence-electron chi connectivity index (χ0n) is 19.1. The average Bonchev–Trinajstić information content (AvgIpc) is 3.34. The van der Waals surface area contributed by atoms with Crippen LogP contribution in [0.3, 0.4) is 0 Å². The number of carboxylic acid groups (broad SMARTS) is 1. The monoisotopic (exact) mass is 505 g/mol. The van der Waals surface area contributed by atoms with Gasteiger partial charge in [-0.15, -0.1) is 11.3 Å². The maximum absolute atomic E-state index is 12.5. The molecule has 0 aliphatic carbocycles. The molecule has 1 saturated heterocycles. The number of ether oxygens (including phenoxy) is 1. The molecule has 0 saturated carbocycles. The summed E-state index contributed by atoms with van der Waals surface area (Å²) in [4.78, 5) is 44.9. The van der Waals surface area contributed by atoms with Gasteiger partial charge in [-0.2, -0.15) is 0 Å². The first-order valence-electron chi connectivity index (χ1n) is 11.0. The third-order valence-corrected chi connectivity index (χ3v) is 8.66. The molecule has 34 heavy (non-hydrogen) atoms. The summed E-state index contributed by atoms with van der Waals surface area (Å²) < 4.78 is 5.82. The Morgan fingerprint density at radius 2 is 2.18 bits per heavy atom. The van der Waals surface area contributed by atoms with Crippen LogP contribution in [-0.4, -0.2) is 74.3 Å². The van der Waals surface area contributed by atoms with Crippen LogP contribution in [-0.2, 0) is 14.3 Å². The number of carbonyl (C=O) groups is 3. The molecule has 0 unspecified atom stereocenters. The summed E-state index contributed by atoms with van der Waals surface area (Å²) in [7, 11) is 0. The van der Waals surface area contributed by atoms with E-state index in [2.05, 4.69) is 6.58 Å². The van der Waals surface area contributed by atoms with Crippen LogP contribution in [0.2, 0.25) is 0 Å². The van der Waals surface area contributed by atoms with Crippen LogP contribution in [0.15, 0.2) is 39.1 Å². The number of aromatic nitrogens is 1. The highest BCUT2D eigenvalue weighted by atomic mass is 32.2. The third-order valence-electron chi connectivity index (χ3n) is 6.44. The summed E-state index contributed by atoms with van der Waals surface area (Å²) in [5.41, 5.74) is 1.80. The SMILES string of the molecule is C=CCOC(=O)N1CCC(c2csc(SC3=C(C(=O)O)N4C(=O)[C@H]([C@@H](C)O)[C@H]4[C@H]3C)n2)=C[C@@H]1C. The van der Waals surface area contributed by atoms with Gasteiger partial charge in [0.05, 0.1) is 29.8 Å². The largest absolute Gasteiger partial charge is 0.477 e. The van der Waals surface area contributed by atoms with Crippen LogP contribution in [0.5, 0.6) is 0 Å². The van der Waals surface area contributed by atoms with Gasteiger partial charge in [0, 0.05) is 22.7 Å². The summed E-state index contributed by atoms with van der Waals surface area (Å²) in [5.74, 6) is -2.32. The molecule has 0 spiro atoms. The number of nitrogens with zero attached hydrogens (tertiary/aromatic N) is 3. The maximum Gasteiger partial charge on any atom is 0.410 e. The first kappa shape index (κ1) is 24.5. The van der Waals surface area contributed by atoms with Gasteiger partial charge in [0.1, 0.15) is 12.3 Å². The molecule has 2 amide bonds. The van der Waals surface area contributed by atoms with Crippen molar-refractivity contribution in [1.29, 1.82) is 0 Å². The minimum atomic E-state index is -1.15.